The van der Waals surface area contributed by atoms with Gasteiger partial charge in [0, 0.05) is 0 Å². The lowest BCUT2D eigenvalue weighted by Gasteiger charge is -2.42. The van der Waals surface area contributed by atoms with E-state index in [0.29, 0.717) is 0 Å². The number of alkyl halides is 11. The number of carbonyl (C=O) groups excluding carboxylic acids is 1. The van der Waals surface area contributed by atoms with E-state index in [1.165, 1.54) is 0 Å². The largest absolute Gasteiger partial charge is 0.430 e. The molecule has 0 saturated heterocycles. The minimum Gasteiger partial charge on any atom is -0.396 e. The Morgan fingerprint density at radius 3 is 1.45 bits per heavy atom. The van der Waals surface area contributed by atoms with E-state index in [1.807, 2.05) is 0 Å². The molecule has 0 radical (unpaired) electrons. The standard InChI is InChI=1S/C8F12O2/c9-2-1(5(10,11)12)3(21)22-8(19,20)4(2,6(13,14)15)7(16,17)18. The fourth-order valence-corrected chi connectivity index (χ4v) is 1.63. The van der Waals surface area contributed by atoms with Crippen molar-refractivity contribution in [1.82, 2.24) is 0 Å². The number of hydrogen-bond acceptors (Lipinski definition) is 2. The van der Waals surface area contributed by atoms with Crippen LogP contribution >= 0.6 is 0 Å². The van der Waals surface area contributed by atoms with Crippen molar-refractivity contribution in [3.8, 4) is 0 Å². The van der Waals surface area contributed by atoms with Gasteiger partial charge >= 0.3 is 36.0 Å². The summed E-state index contributed by atoms with van der Waals surface area (Å²) in [6.45, 7) is 0. The van der Waals surface area contributed by atoms with Crippen molar-refractivity contribution in [3.05, 3.63) is 11.4 Å². The maximum Gasteiger partial charge on any atom is 0.430 e. The highest BCUT2D eigenvalue weighted by Crippen LogP contribution is 2.66. The SMILES string of the molecule is O=C1OC(F)(F)C(C(F)(F)F)(C(F)(F)F)C(F)=C1C(F)(F)F. The molecule has 0 aromatic rings. The first-order valence-corrected chi connectivity index (χ1v) is 4.63. The predicted molar refractivity (Wildman–Crippen MR) is 39.8 cm³/mol. The van der Waals surface area contributed by atoms with Gasteiger partial charge in [-0.2, -0.15) is 48.3 Å². The first-order valence-electron chi connectivity index (χ1n) is 4.63. The summed E-state index contributed by atoms with van der Waals surface area (Å²) in [5.41, 5.74) is -10.7. The Labute approximate surface area is 111 Å². The summed E-state index contributed by atoms with van der Waals surface area (Å²) in [6, 6.07) is 0. The summed E-state index contributed by atoms with van der Waals surface area (Å²) in [7, 11) is 0. The van der Waals surface area contributed by atoms with E-state index in [0.717, 1.165) is 0 Å². The third kappa shape index (κ3) is 2.18. The Kier molecular flexibility index (Phi) is 3.72. The number of esters is 1. The number of ether oxygens (including phenoxy) is 1. The van der Waals surface area contributed by atoms with Gasteiger partial charge in [-0.1, -0.05) is 0 Å². The zero-order chi connectivity index (χ0) is 17.9. The first-order chi connectivity index (χ1) is 9.41. The van der Waals surface area contributed by atoms with E-state index in [4.69, 9.17) is 0 Å². The van der Waals surface area contributed by atoms with E-state index in [9.17, 15) is 57.5 Å². The number of cyclic esters (lactones) is 1. The molecular formula is C8F12O2. The molecule has 2 nitrogen and oxygen atoms in total. The van der Waals surface area contributed by atoms with Gasteiger partial charge in [0.25, 0.3) is 0 Å². The summed E-state index contributed by atoms with van der Waals surface area (Å²) in [6.07, 6.45) is -27.7. The normalized spacial score (nSPS) is 22.6. The molecule has 14 heteroatoms. The monoisotopic (exact) mass is 356 g/mol. The quantitative estimate of drug-likeness (QED) is 0.484. The second kappa shape index (κ2) is 4.44. The van der Waals surface area contributed by atoms with Gasteiger partial charge in [-0.05, 0) is 0 Å². The van der Waals surface area contributed by atoms with Gasteiger partial charge in [0.1, 0.15) is 0 Å². The van der Waals surface area contributed by atoms with E-state index in [-0.39, 0.29) is 0 Å². The average Bonchev–Trinajstić information content (AvgIpc) is 2.05. The van der Waals surface area contributed by atoms with Crippen LogP contribution in [-0.4, -0.2) is 30.6 Å². The second-order valence-electron chi connectivity index (χ2n) is 3.84. The van der Waals surface area contributed by atoms with Crippen molar-refractivity contribution in [3.63, 3.8) is 0 Å². The Morgan fingerprint density at radius 1 is 0.818 bits per heavy atom. The lowest BCUT2D eigenvalue weighted by Crippen LogP contribution is -2.65. The van der Waals surface area contributed by atoms with Gasteiger partial charge in [0.05, 0.1) is 0 Å². The molecular weight excluding hydrogens is 356 g/mol. The van der Waals surface area contributed by atoms with Crippen molar-refractivity contribution < 1.29 is 62.2 Å². The maximum absolute atomic E-state index is 13.3. The topological polar surface area (TPSA) is 26.3 Å². The van der Waals surface area contributed by atoms with Gasteiger partial charge in [-0.15, -0.1) is 0 Å². The number of hydrogen-bond donors (Lipinski definition) is 0. The second-order valence-corrected chi connectivity index (χ2v) is 3.84. The molecule has 0 N–H and O–H groups in total. The highest BCUT2D eigenvalue weighted by molar-refractivity contribution is 5.92. The van der Waals surface area contributed by atoms with Crippen molar-refractivity contribution >= 4 is 5.97 Å². The molecule has 0 amide bonds. The molecule has 0 spiro atoms. The number of halogens is 12. The van der Waals surface area contributed by atoms with Gasteiger partial charge in [0.15, 0.2) is 11.4 Å². The molecule has 1 aliphatic heterocycles. The number of rotatable bonds is 0. The highest BCUT2D eigenvalue weighted by atomic mass is 19.4. The Morgan fingerprint density at radius 2 is 1.18 bits per heavy atom. The van der Waals surface area contributed by atoms with Crippen LogP contribution < -0.4 is 0 Å². The van der Waals surface area contributed by atoms with Crippen LogP contribution in [0.4, 0.5) is 52.7 Å². The van der Waals surface area contributed by atoms with Crippen LogP contribution in [0.15, 0.2) is 11.4 Å². The summed E-state index contributed by atoms with van der Waals surface area (Å²) in [5, 5.41) is 0. The third-order valence-electron chi connectivity index (χ3n) is 2.54. The lowest BCUT2D eigenvalue weighted by atomic mass is 9.79. The zero-order valence-corrected chi connectivity index (χ0v) is 9.35. The van der Waals surface area contributed by atoms with Crippen LogP contribution in [0.1, 0.15) is 0 Å². The Balaban J connectivity index is 4.01. The maximum atomic E-state index is 13.3. The molecule has 0 bridgehead atoms. The molecule has 0 saturated carbocycles. The number of carbonyl (C=O) groups is 1. The Bertz CT molecular complexity index is 505. The van der Waals surface area contributed by atoms with Crippen molar-refractivity contribution in [1.29, 1.82) is 0 Å². The van der Waals surface area contributed by atoms with Gasteiger partial charge in [-0.25, -0.2) is 9.18 Å². The van der Waals surface area contributed by atoms with Crippen LogP contribution in [0, 0.1) is 5.41 Å². The molecule has 0 unspecified atom stereocenters. The van der Waals surface area contributed by atoms with Crippen LogP contribution in [0.3, 0.4) is 0 Å². The average molecular weight is 356 g/mol. The molecule has 0 atom stereocenters. The van der Waals surface area contributed by atoms with Crippen molar-refractivity contribution in [2.75, 3.05) is 0 Å². The molecule has 1 rings (SSSR count). The fourth-order valence-electron chi connectivity index (χ4n) is 1.63. The van der Waals surface area contributed by atoms with Gasteiger partial charge < -0.3 is 4.74 Å². The van der Waals surface area contributed by atoms with Crippen LogP contribution in [0.2, 0.25) is 0 Å². The predicted octanol–water partition coefficient (Wildman–Crippen LogP) is 4.03. The summed E-state index contributed by atoms with van der Waals surface area (Å²) in [4.78, 5) is 10.6. The van der Waals surface area contributed by atoms with Crippen LogP contribution in [0.5, 0.6) is 0 Å². The highest BCUT2D eigenvalue weighted by Gasteiger charge is 2.90. The Hall–Kier alpha value is -1.63. The van der Waals surface area contributed by atoms with E-state index < -0.39 is 47.4 Å². The summed E-state index contributed by atoms with van der Waals surface area (Å²) in [5.74, 6) is -7.83. The van der Waals surface area contributed by atoms with Crippen molar-refractivity contribution in [2.45, 2.75) is 24.6 Å². The lowest BCUT2D eigenvalue weighted by molar-refractivity contribution is -0.438. The zero-order valence-electron chi connectivity index (χ0n) is 9.35. The molecule has 0 aliphatic carbocycles. The van der Waals surface area contributed by atoms with E-state index in [2.05, 4.69) is 4.74 Å². The minimum atomic E-state index is -7.30. The van der Waals surface area contributed by atoms with Crippen LogP contribution in [0.25, 0.3) is 0 Å². The molecule has 0 aromatic carbocycles. The molecule has 0 fully saturated rings. The molecule has 0 aromatic heterocycles. The van der Waals surface area contributed by atoms with Gasteiger partial charge in [-0.3, -0.25) is 0 Å². The first kappa shape index (κ1) is 18.4. The van der Waals surface area contributed by atoms with Crippen LogP contribution in [-0.2, 0) is 9.53 Å². The molecule has 128 valence electrons. The summed E-state index contributed by atoms with van der Waals surface area (Å²) < 4.78 is 153. The fraction of sp³-hybridized carbons (Fsp3) is 0.625. The molecule has 22 heavy (non-hydrogen) atoms. The molecule has 1 aliphatic rings. The summed E-state index contributed by atoms with van der Waals surface area (Å²) >= 11 is 0. The smallest absolute Gasteiger partial charge is 0.396 e. The van der Waals surface area contributed by atoms with E-state index in [1.54, 1.807) is 0 Å². The molecule has 1 heterocycles. The van der Waals surface area contributed by atoms with Gasteiger partial charge in [0.2, 0.25) is 0 Å². The van der Waals surface area contributed by atoms with E-state index >= 15 is 0 Å². The van der Waals surface area contributed by atoms with Crippen molar-refractivity contribution in [2.24, 2.45) is 5.41 Å². The third-order valence-corrected chi connectivity index (χ3v) is 2.54. The minimum absolute atomic E-state index is 2.32.